The summed E-state index contributed by atoms with van der Waals surface area (Å²) < 4.78 is 24.8. The summed E-state index contributed by atoms with van der Waals surface area (Å²) in [6.07, 6.45) is 1.69. The van der Waals surface area contributed by atoms with Gasteiger partial charge in [-0.25, -0.2) is 8.42 Å². The van der Waals surface area contributed by atoms with Gasteiger partial charge in [0.15, 0.2) is 9.84 Å². The van der Waals surface area contributed by atoms with Gasteiger partial charge in [-0.15, -0.1) is 0 Å². The molecule has 27 heavy (non-hydrogen) atoms. The zero-order valence-corrected chi connectivity index (χ0v) is 16.8. The summed E-state index contributed by atoms with van der Waals surface area (Å²) in [5, 5.41) is 7.43. The van der Waals surface area contributed by atoms with Crippen LogP contribution in [0.5, 0.6) is 0 Å². The van der Waals surface area contributed by atoms with Gasteiger partial charge in [0.1, 0.15) is 0 Å². The maximum atomic E-state index is 13.2. The second-order valence-corrected chi connectivity index (χ2v) is 9.36. The first kappa shape index (κ1) is 19.6. The summed E-state index contributed by atoms with van der Waals surface area (Å²) >= 11 is 0. The normalized spacial score (nSPS) is 17.6. The van der Waals surface area contributed by atoms with Crippen LogP contribution in [0.4, 0.5) is 0 Å². The molecular formula is C19H26N4O3S. The minimum absolute atomic E-state index is 0.0337. The van der Waals surface area contributed by atoms with Gasteiger partial charge in [0.2, 0.25) is 0 Å². The van der Waals surface area contributed by atoms with Crippen molar-refractivity contribution >= 4 is 15.7 Å². The molecule has 0 radical (unpaired) electrons. The number of sulfone groups is 1. The van der Waals surface area contributed by atoms with E-state index in [1.165, 1.54) is 6.07 Å². The Labute approximate surface area is 160 Å². The second-order valence-electron chi connectivity index (χ2n) is 7.11. The fraction of sp³-hybridized carbons (Fsp3) is 0.474. The number of likely N-dealkylation sites (tertiary alicyclic amines) is 1. The van der Waals surface area contributed by atoms with Crippen molar-refractivity contribution in [2.24, 2.45) is 0 Å². The van der Waals surface area contributed by atoms with Gasteiger partial charge in [-0.2, -0.15) is 5.10 Å². The predicted octanol–water partition coefficient (Wildman–Crippen LogP) is 2.24. The van der Waals surface area contributed by atoms with Crippen LogP contribution in [-0.2, 0) is 16.4 Å². The number of aromatic nitrogens is 2. The first-order valence-electron chi connectivity index (χ1n) is 9.15. The Balaban J connectivity index is 1.90. The summed E-state index contributed by atoms with van der Waals surface area (Å²) in [6, 6.07) is 8.33. The Kier molecular flexibility index (Phi) is 5.67. The van der Waals surface area contributed by atoms with Crippen LogP contribution in [0, 0.1) is 0 Å². The summed E-state index contributed by atoms with van der Waals surface area (Å²) in [5.74, 6) is -0.282. The Hall–Kier alpha value is -2.19. The van der Waals surface area contributed by atoms with Crippen LogP contribution in [0.3, 0.4) is 0 Å². The molecule has 0 aliphatic carbocycles. The van der Waals surface area contributed by atoms with Crippen molar-refractivity contribution in [2.75, 3.05) is 26.4 Å². The number of benzene rings is 1. The fourth-order valence-corrected chi connectivity index (χ4v) is 4.60. The highest BCUT2D eigenvalue weighted by Crippen LogP contribution is 2.33. The Morgan fingerprint density at radius 2 is 2.07 bits per heavy atom. The zero-order valence-electron chi connectivity index (χ0n) is 16.0. The van der Waals surface area contributed by atoms with Crippen LogP contribution < -0.4 is 0 Å². The number of carbonyl (C=O) groups excluding carboxylic acids is 1. The summed E-state index contributed by atoms with van der Waals surface area (Å²) in [6.45, 7) is 2.93. The molecule has 1 amide bonds. The van der Waals surface area contributed by atoms with Gasteiger partial charge >= 0.3 is 0 Å². The average Bonchev–Trinajstić information content (AvgIpc) is 3.29. The van der Waals surface area contributed by atoms with Crippen LogP contribution in [0.25, 0.3) is 0 Å². The van der Waals surface area contributed by atoms with Crippen molar-refractivity contribution in [3.05, 3.63) is 47.3 Å². The highest BCUT2D eigenvalue weighted by Gasteiger charge is 2.34. The first-order chi connectivity index (χ1) is 12.8. The van der Waals surface area contributed by atoms with Crippen LogP contribution in [0.15, 0.2) is 35.2 Å². The number of rotatable bonds is 6. The number of nitrogens with zero attached hydrogens (tertiary/aromatic N) is 3. The van der Waals surface area contributed by atoms with E-state index in [-0.39, 0.29) is 28.2 Å². The van der Waals surface area contributed by atoms with Gasteiger partial charge in [0.25, 0.3) is 5.91 Å². The van der Waals surface area contributed by atoms with Crippen molar-refractivity contribution in [3.63, 3.8) is 0 Å². The first-order valence-corrected chi connectivity index (χ1v) is 10.8. The quantitative estimate of drug-likeness (QED) is 0.817. The molecule has 1 aliphatic heterocycles. The smallest absolute Gasteiger partial charge is 0.255 e. The van der Waals surface area contributed by atoms with Gasteiger partial charge in [0, 0.05) is 18.8 Å². The Bertz CT molecular complexity index is 921. The fourth-order valence-electron chi connectivity index (χ4n) is 3.51. The van der Waals surface area contributed by atoms with E-state index in [0.717, 1.165) is 30.8 Å². The van der Waals surface area contributed by atoms with Crippen LogP contribution in [0.2, 0.25) is 0 Å². The van der Waals surface area contributed by atoms with E-state index in [1.807, 2.05) is 25.1 Å². The molecule has 7 nitrogen and oxygen atoms in total. The average molecular weight is 391 g/mol. The van der Waals surface area contributed by atoms with Gasteiger partial charge < -0.3 is 9.80 Å². The summed E-state index contributed by atoms with van der Waals surface area (Å²) in [4.78, 5) is 17.1. The summed E-state index contributed by atoms with van der Waals surface area (Å²) in [7, 11) is 0.497. The van der Waals surface area contributed by atoms with Crippen LogP contribution in [-0.4, -0.2) is 60.7 Å². The maximum Gasteiger partial charge on any atom is 0.255 e. The molecule has 2 aromatic rings. The number of hydrogen-bond donors (Lipinski definition) is 1. The highest BCUT2D eigenvalue weighted by atomic mass is 32.2. The third-order valence-electron chi connectivity index (χ3n) is 4.82. The number of amides is 1. The Morgan fingerprint density at radius 1 is 1.33 bits per heavy atom. The molecule has 146 valence electrons. The van der Waals surface area contributed by atoms with Gasteiger partial charge in [-0.1, -0.05) is 19.1 Å². The standard InChI is InChI=1S/C19H26N4O3S/c1-4-27(25,26)18-10-6-5-8-15(18)19(24)23-11-7-9-17(23)16-12-14(20-21-16)13-22(2)3/h5-6,8,10,12,17H,4,7,9,11,13H2,1-3H3,(H,20,21)/t17-/m0/s1. The predicted molar refractivity (Wildman–Crippen MR) is 103 cm³/mol. The topological polar surface area (TPSA) is 86.4 Å². The molecule has 1 atom stereocenters. The van der Waals surface area contributed by atoms with Crippen molar-refractivity contribution in [3.8, 4) is 0 Å². The lowest BCUT2D eigenvalue weighted by molar-refractivity contribution is 0.0729. The molecule has 3 rings (SSSR count). The lowest BCUT2D eigenvalue weighted by Crippen LogP contribution is -2.32. The lowest BCUT2D eigenvalue weighted by atomic mass is 10.1. The number of hydrogen-bond acceptors (Lipinski definition) is 5. The lowest BCUT2D eigenvalue weighted by Gasteiger charge is -2.24. The third kappa shape index (κ3) is 4.06. The minimum Gasteiger partial charge on any atom is -0.330 e. The molecule has 0 bridgehead atoms. The van der Waals surface area contributed by atoms with Crippen LogP contribution >= 0.6 is 0 Å². The van der Waals surface area contributed by atoms with E-state index < -0.39 is 9.84 Å². The van der Waals surface area contributed by atoms with Crippen molar-refractivity contribution in [2.45, 2.75) is 37.2 Å². The molecule has 8 heteroatoms. The molecule has 0 unspecified atom stereocenters. The second kappa shape index (κ2) is 7.82. The minimum atomic E-state index is -3.47. The molecule has 1 fully saturated rings. The molecule has 0 saturated carbocycles. The molecule has 1 aromatic carbocycles. The van der Waals surface area contributed by atoms with Crippen molar-refractivity contribution < 1.29 is 13.2 Å². The molecule has 0 spiro atoms. The summed E-state index contributed by atoms with van der Waals surface area (Å²) in [5.41, 5.74) is 2.06. The number of H-pyrrole nitrogens is 1. The van der Waals surface area contributed by atoms with E-state index in [4.69, 9.17) is 0 Å². The molecular weight excluding hydrogens is 364 g/mol. The highest BCUT2D eigenvalue weighted by molar-refractivity contribution is 7.91. The van der Waals surface area contributed by atoms with Gasteiger partial charge in [-0.3, -0.25) is 9.89 Å². The zero-order chi connectivity index (χ0) is 19.6. The van der Waals surface area contributed by atoms with E-state index in [1.54, 1.807) is 30.0 Å². The molecule has 1 saturated heterocycles. The van der Waals surface area contributed by atoms with Crippen molar-refractivity contribution in [1.82, 2.24) is 20.0 Å². The maximum absolute atomic E-state index is 13.2. The largest absolute Gasteiger partial charge is 0.330 e. The van der Waals surface area contributed by atoms with Gasteiger partial charge in [-0.05, 0) is 45.1 Å². The van der Waals surface area contributed by atoms with E-state index in [0.29, 0.717) is 6.54 Å². The molecule has 1 aromatic heterocycles. The third-order valence-corrected chi connectivity index (χ3v) is 6.61. The number of carbonyl (C=O) groups is 1. The monoisotopic (exact) mass is 390 g/mol. The molecule has 1 N–H and O–H groups in total. The van der Waals surface area contributed by atoms with Crippen molar-refractivity contribution in [1.29, 1.82) is 0 Å². The van der Waals surface area contributed by atoms with E-state index >= 15 is 0 Å². The SMILES string of the molecule is CCS(=O)(=O)c1ccccc1C(=O)N1CCC[C@H]1c1cc(CN(C)C)[nH]n1. The van der Waals surface area contributed by atoms with E-state index in [9.17, 15) is 13.2 Å². The van der Waals surface area contributed by atoms with Gasteiger partial charge in [0.05, 0.1) is 27.9 Å². The number of aromatic amines is 1. The molecule has 1 aliphatic rings. The van der Waals surface area contributed by atoms with Crippen LogP contribution in [0.1, 0.15) is 47.6 Å². The number of nitrogens with one attached hydrogen (secondary N) is 1. The van der Waals surface area contributed by atoms with E-state index in [2.05, 4.69) is 10.2 Å². The molecule has 2 heterocycles. The Morgan fingerprint density at radius 3 is 2.78 bits per heavy atom.